The summed E-state index contributed by atoms with van der Waals surface area (Å²) in [5.41, 5.74) is 0.780. The summed E-state index contributed by atoms with van der Waals surface area (Å²) in [5.74, 6) is 0.0263. The first-order chi connectivity index (χ1) is 9.39. The molecule has 1 aliphatic carbocycles. The van der Waals surface area contributed by atoms with E-state index in [2.05, 4.69) is 15.9 Å². The maximum Gasteiger partial charge on any atom is 0.209 e. The Hall–Kier alpha value is -0.430. The van der Waals surface area contributed by atoms with Gasteiger partial charge in [-0.15, -0.1) is 0 Å². The van der Waals surface area contributed by atoms with Crippen LogP contribution in [0.2, 0.25) is 0 Å². The fourth-order valence-electron chi connectivity index (χ4n) is 2.89. The zero-order valence-corrected chi connectivity index (χ0v) is 13.7. The quantitative estimate of drug-likeness (QED) is 0.846. The molecule has 0 spiro atoms. The lowest BCUT2D eigenvalue weighted by molar-refractivity contribution is 0.0472. The molecule has 1 aliphatic rings. The van der Waals surface area contributed by atoms with Gasteiger partial charge < -0.3 is 4.74 Å². The largest absolute Gasteiger partial charge is 0.376 e. The molecule has 1 saturated carbocycles. The summed E-state index contributed by atoms with van der Waals surface area (Å²) in [6.07, 6.45) is 3.86. The topological polar surface area (TPSA) is 69.4 Å². The van der Waals surface area contributed by atoms with Gasteiger partial charge in [-0.2, -0.15) is 0 Å². The van der Waals surface area contributed by atoms with Crippen LogP contribution in [0.4, 0.5) is 0 Å². The van der Waals surface area contributed by atoms with Gasteiger partial charge in [0.1, 0.15) is 0 Å². The van der Waals surface area contributed by atoms with Crippen LogP contribution in [-0.2, 0) is 21.4 Å². The number of sulfonamides is 1. The van der Waals surface area contributed by atoms with Crippen molar-refractivity contribution in [3.63, 3.8) is 0 Å². The third kappa shape index (κ3) is 4.84. The van der Waals surface area contributed by atoms with Crippen LogP contribution >= 0.6 is 15.9 Å². The zero-order chi connectivity index (χ0) is 14.6. The number of rotatable bonds is 6. The average Bonchev–Trinajstić information content (AvgIpc) is 2.75. The molecule has 2 N–H and O–H groups in total. The van der Waals surface area contributed by atoms with Crippen LogP contribution < -0.4 is 5.14 Å². The maximum absolute atomic E-state index is 11.4. The predicted octanol–water partition coefficient (Wildman–Crippen LogP) is 2.81. The third-order valence-electron chi connectivity index (χ3n) is 3.74. The lowest BCUT2D eigenvalue weighted by atomic mass is 9.90. The molecule has 1 aromatic rings. The van der Waals surface area contributed by atoms with Gasteiger partial charge in [0.2, 0.25) is 10.0 Å². The summed E-state index contributed by atoms with van der Waals surface area (Å²) in [4.78, 5) is 0. The summed E-state index contributed by atoms with van der Waals surface area (Å²) in [6, 6.07) is 7.91. The normalized spacial score (nSPS) is 18.3. The second-order valence-electron chi connectivity index (χ2n) is 5.64. The van der Waals surface area contributed by atoms with Gasteiger partial charge in [-0.05, 0) is 30.5 Å². The minimum Gasteiger partial charge on any atom is -0.376 e. The number of nitrogens with two attached hydrogens (primary N) is 1. The van der Waals surface area contributed by atoms with Crippen molar-refractivity contribution in [2.75, 3.05) is 12.4 Å². The van der Waals surface area contributed by atoms with Crippen LogP contribution in [0.15, 0.2) is 28.7 Å². The smallest absolute Gasteiger partial charge is 0.209 e. The van der Waals surface area contributed by atoms with E-state index >= 15 is 0 Å². The first-order valence-corrected chi connectivity index (χ1v) is 9.22. The minimum atomic E-state index is -3.46. The van der Waals surface area contributed by atoms with Crippen LogP contribution in [0.25, 0.3) is 0 Å². The molecule has 1 aromatic carbocycles. The van der Waals surface area contributed by atoms with Crippen LogP contribution in [0.3, 0.4) is 0 Å². The Morgan fingerprint density at radius 1 is 1.30 bits per heavy atom. The Kier molecular flexibility index (Phi) is 5.23. The van der Waals surface area contributed by atoms with E-state index in [0.717, 1.165) is 35.7 Å². The molecule has 0 aromatic heterocycles. The van der Waals surface area contributed by atoms with Crippen molar-refractivity contribution in [2.24, 2.45) is 10.6 Å². The van der Waals surface area contributed by atoms with Crippen LogP contribution in [-0.4, -0.2) is 20.8 Å². The molecule has 0 saturated heterocycles. The Morgan fingerprint density at radius 2 is 2.00 bits per heavy atom. The first-order valence-electron chi connectivity index (χ1n) is 6.71. The molecule has 0 aliphatic heterocycles. The van der Waals surface area contributed by atoms with Gasteiger partial charge in [-0.25, -0.2) is 13.6 Å². The van der Waals surface area contributed by atoms with Crippen molar-refractivity contribution in [1.82, 2.24) is 0 Å². The molecule has 0 unspecified atom stereocenters. The molecule has 2 rings (SSSR count). The van der Waals surface area contributed by atoms with E-state index in [1.165, 1.54) is 0 Å². The van der Waals surface area contributed by atoms with Gasteiger partial charge >= 0.3 is 0 Å². The lowest BCUT2D eigenvalue weighted by Crippen LogP contribution is -2.35. The maximum atomic E-state index is 11.4. The second kappa shape index (κ2) is 6.56. The minimum absolute atomic E-state index is 0.0263. The number of hydrogen-bond donors (Lipinski definition) is 1. The molecule has 0 heterocycles. The van der Waals surface area contributed by atoms with Crippen LogP contribution in [0.1, 0.15) is 31.2 Å². The SMILES string of the molecule is NS(=O)(=O)CC1(COCc2cccc(Br)c2)CCCC1. The summed E-state index contributed by atoms with van der Waals surface area (Å²) < 4.78 is 29.6. The van der Waals surface area contributed by atoms with E-state index in [1.807, 2.05) is 24.3 Å². The molecule has 0 bridgehead atoms. The number of benzene rings is 1. The number of primary sulfonamides is 1. The van der Waals surface area contributed by atoms with Crippen molar-refractivity contribution in [3.05, 3.63) is 34.3 Å². The molecule has 0 amide bonds. The molecule has 4 nitrogen and oxygen atoms in total. The van der Waals surface area contributed by atoms with Crippen molar-refractivity contribution in [3.8, 4) is 0 Å². The molecule has 0 radical (unpaired) electrons. The van der Waals surface area contributed by atoms with E-state index in [1.54, 1.807) is 0 Å². The fourth-order valence-corrected chi connectivity index (χ4v) is 4.57. The number of hydrogen-bond acceptors (Lipinski definition) is 3. The molecule has 20 heavy (non-hydrogen) atoms. The van der Waals surface area contributed by atoms with E-state index in [0.29, 0.717) is 13.2 Å². The highest BCUT2D eigenvalue weighted by Gasteiger charge is 2.37. The van der Waals surface area contributed by atoms with Crippen molar-refractivity contribution < 1.29 is 13.2 Å². The Labute approximate surface area is 128 Å². The van der Waals surface area contributed by atoms with Crippen LogP contribution in [0.5, 0.6) is 0 Å². The van der Waals surface area contributed by atoms with E-state index in [-0.39, 0.29) is 11.2 Å². The summed E-state index contributed by atoms with van der Waals surface area (Å²) >= 11 is 3.42. The first kappa shape index (κ1) is 15.9. The Morgan fingerprint density at radius 3 is 2.60 bits per heavy atom. The standard InChI is InChI=1S/C14H20BrNO3S/c15-13-5-3-4-12(8-13)9-19-10-14(6-1-2-7-14)11-20(16,17)18/h3-5,8H,1-2,6-7,9-11H2,(H2,16,17,18). The van der Waals surface area contributed by atoms with E-state index in [4.69, 9.17) is 9.88 Å². The van der Waals surface area contributed by atoms with Crippen LogP contribution in [0, 0.1) is 5.41 Å². The number of halogens is 1. The van der Waals surface area contributed by atoms with Gasteiger partial charge in [-0.3, -0.25) is 0 Å². The van der Waals surface area contributed by atoms with Gasteiger partial charge in [-0.1, -0.05) is 40.9 Å². The van der Waals surface area contributed by atoms with Gasteiger partial charge in [0, 0.05) is 9.89 Å². The second-order valence-corrected chi connectivity index (χ2v) is 8.17. The Balaban J connectivity index is 1.93. The number of ether oxygens (including phenoxy) is 1. The van der Waals surface area contributed by atoms with E-state index < -0.39 is 10.0 Å². The Bertz CT molecular complexity index is 553. The molecular weight excluding hydrogens is 342 g/mol. The molecule has 1 fully saturated rings. The fraction of sp³-hybridized carbons (Fsp3) is 0.571. The highest BCUT2D eigenvalue weighted by Crippen LogP contribution is 2.39. The lowest BCUT2D eigenvalue weighted by Gasteiger charge is -2.27. The van der Waals surface area contributed by atoms with Crippen molar-refractivity contribution >= 4 is 26.0 Å². The van der Waals surface area contributed by atoms with Gasteiger partial charge in [0.25, 0.3) is 0 Å². The molecule has 6 heteroatoms. The van der Waals surface area contributed by atoms with Crippen molar-refractivity contribution in [1.29, 1.82) is 0 Å². The highest BCUT2D eigenvalue weighted by atomic mass is 79.9. The summed E-state index contributed by atoms with van der Waals surface area (Å²) in [5, 5.41) is 5.21. The monoisotopic (exact) mass is 361 g/mol. The molecule has 0 atom stereocenters. The highest BCUT2D eigenvalue weighted by molar-refractivity contribution is 9.10. The van der Waals surface area contributed by atoms with Crippen molar-refractivity contribution in [2.45, 2.75) is 32.3 Å². The third-order valence-corrected chi connectivity index (χ3v) is 5.25. The summed E-state index contributed by atoms with van der Waals surface area (Å²) in [7, 11) is -3.46. The average molecular weight is 362 g/mol. The van der Waals surface area contributed by atoms with Gasteiger partial charge in [0.15, 0.2) is 0 Å². The van der Waals surface area contributed by atoms with Gasteiger partial charge in [0.05, 0.1) is 19.0 Å². The van der Waals surface area contributed by atoms with E-state index in [9.17, 15) is 8.42 Å². The molecule has 112 valence electrons. The predicted molar refractivity (Wildman–Crippen MR) is 82.7 cm³/mol. The molecular formula is C14H20BrNO3S. The summed E-state index contributed by atoms with van der Waals surface area (Å²) in [6.45, 7) is 0.946. The zero-order valence-electron chi connectivity index (χ0n) is 11.3.